The molecule has 0 aromatic carbocycles. The lowest BCUT2D eigenvalue weighted by atomic mass is 9.83. The summed E-state index contributed by atoms with van der Waals surface area (Å²) < 4.78 is 18.1. The van der Waals surface area contributed by atoms with Crippen molar-refractivity contribution in [2.45, 2.75) is 32.3 Å². The van der Waals surface area contributed by atoms with Crippen LogP contribution in [0, 0.1) is 5.92 Å². The molecule has 3 fully saturated rings. The number of fused-ring (bicyclic) bond motifs is 3. The minimum atomic E-state index is -0.500. The summed E-state index contributed by atoms with van der Waals surface area (Å²) in [5, 5.41) is 11.2. The predicted molar refractivity (Wildman–Crippen MR) is 120 cm³/mol. The second kappa shape index (κ2) is 11.5. The summed E-state index contributed by atoms with van der Waals surface area (Å²) in [6, 6.07) is 5.89. The highest BCUT2D eigenvalue weighted by atomic mass is 32.1. The lowest BCUT2D eigenvalue weighted by molar-refractivity contribution is -0.946. The van der Waals surface area contributed by atoms with Crippen LogP contribution in [0.25, 0.3) is 0 Å². The average Bonchev–Trinajstić information content (AvgIpc) is 3.47. The zero-order chi connectivity index (χ0) is 23.0. The molecule has 8 nitrogen and oxygen atoms in total. The first-order chi connectivity index (χ1) is 15.5. The van der Waals surface area contributed by atoms with Crippen molar-refractivity contribution in [3.63, 3.8) is 0 Å². The van der Waals surface area contributed by atoms with Gasteiger partial charge in [0.15, 0.2) is 6.10 Å². The van der Waals surface area contributed by atoms with Gasteiger partial charge in [-0.15, -0.1) is 11.3 Å². The average molecular weight is 465 g/mol. The lowest BCUT2D eigenvalue weighted by Gasteiger charge is -2.52. The number of thiophene rings is 1. The van der Waals surface area contributed by atoms with Crippen LogP contribution in [0.2, 0.25) is 0 Å². The Morgan fingerprint density at radius 2 is 2.12 bits per heavy atom. The van der Waals surface area contributed by atoms with Gasteiger partial charge in [0.25, 0.3) is 0 Å². The molecule has 5 heterocycles. The van der Waals surface area contributed by atoms with Crippen molar-refractivity contribution in [3.8, 4) is 0 Å². The third-order valence-electron chi connectivity index (χ3n) is 6.45. The molecule has 0 radical (unpaired) electrons. The number of carboxylic acid groups (broad SMARTS) is 1. The summed E-state index contributed by atoms with van der Waals surface area (Å²) in [7, 11) is 1.81. The second-order valence-corrected chi connectivity index (χ2v) is 9.21. The van der Waals surface area contributed by atoms with Crippen molar-refractivity contribution in [2.75, 3.05) is 51.3 Å². The van der Waals surface area contributed by atoms with Gasteiger partial charge in [-0.3, -0.25) is 4.90 Å². The summed E-state index contributed by atoms with van der Waals surface area (Å²) in [6.45, 7) is 7.37. The first kappa shape index (κ1) is 24.3. The van der Waals surface area contributed by atoms with E-state index in [1.807, 2.05) is 24.4 Å². The molecule has 32 heavy (non-hydrogen) atoms. The number of piperidine rings is 3. The van der Waals surface area contributed by atoms with Crippen LogP contribution in [0.1, 0.15) is 31.1 Å². The van der Waals surface area contributed by atoms with Crippen LogP contribution in [0.3, 0.4) is 0 Å². The van der Waals surface area contributed by atoms with E-state index in [1.54, 1.807) is 29.5 Å². The van der Waals surface area contributed by atoms with E-state index in [0.717, 1.165) is 60.0 Å². The topological polar surface area (TPSA) is 92.0 Å². The van der Waals surface area contributed by atoms with Crippen molar-refractivity contribution in [1.29, 1.82) is 0 Å². The number of rotatable bonds is 8. The first-order valence-corrected chi connectivity index (χ1v) is 11.9. The Kier molecular flexibility index (Phi) is 8.72. The van der Waals surface area contributed by atoms with Crippen molar-refractivity contribution < 1.29 is 33.1 Å². The molecule has 5 rings (SSSR count). The Morgan fingerprint density at radius 3 is 2.78 bits per heavy atom. The van der Waals surface area contributed by atoms with Crippen molar-refractivity contribution >= 4 is 28.9 Å². The van der Waals surface area contributed by atoms with E-state index in [-0.39, 0.29) is 12.2 Å². The molecular weight excluding hydrogens is 432 g/mol. The van der Waals surface area contributed by atoms with E-state index in [0.29, 0.717) is 12.3 Å². The van der Waals surface area contributed by atoms with Crippen LogP contribution in [-0.2, 0) is 20.7 Å². The summed E-state index contributed by atoms with van der Waals surface area (Å²) in [5.74, 6) is 1.38. The molecule has 0 N–H and O–H groups in total. The first-order valence-electron chi connectivity index (χ1n) is 11.0. The molecule has 176 valence electrons. The highest BCUT2D eigenvalue weighted by Crippen LogP contribution is 2.36. The number of nitrogens with zero attached hydrogens (tertiary/aromatic N) is 2. The number of carbonyl (C=O) groups is 2. The molecule has 0 saturated carbocycles. The van der Waals surface area contributed by atoms with Gasteiger partial charge in [0.05, 0.1) is 26.0 Å². The lowest BCUT2D eigenvalue weighted by Crippen LogP contribution is -2.65. The van der Waals surface area contributed by atoms with Crippen LogP contribution in [-0.4, -0.2) is 69.6 Å². The molecular formula is C23H32N2O6S. The fourth-order valence-electron chi connectivity index (χ4n) is 4.72. The maximum Gasteiger partial charge on any atom is 0.415 e. The van der Waals surface area contributed by atoms with Gasteiger partial charge in [-0.25, -0.2) is 4.79 Å². The molecule has 0 spiro atoms. The van der Waals surface area contributed by atoms with Gasteiger partial charge in [-0.1, -0.05) is 0 Å². The fourth-order valence-corrected chi connectivity index (χ4v) is 5.61. The number of furan rings is 1. The summed E-state index contributed by atoms with van der Waals surface area (Å²) in [4.78, 5) is 22.9. The van der Waals surface area contributed by atoms with Crippen molar-refractivity contribution in [2.24, 2.45) is 5.92 Å². The SMILES string of the molecule is CCOCC[N+]12CCC(CC1)[C@@H](OC(=O)N(C)c1sccc1Cc1ccco1)C2.O=C[O-]. The Balaban J connectivity index is 0.000000913. The van der Waals surface area contributed by atoms with Crippen molar-refractivity contribution in [1.82, 2.24) is 0 Å². The van der Waals surface area contributed by atoms with Crippen molar-refractivity contribution in [3.05, 3.63) is 41.2 Å². The molecule has 2 aromatic heterocycles. The Bertz CT molecular complexity index is 845. The third kappa shape index (κ3) is 5.90. The van der Waals surface area contributed by atoms with E-state index < -0.39 is 6.47 Å². The van der Waals surface area contributed by atoms with Gasteiger partial charge in [0, 0.05) is 45.3 Å². The molecule has 0 aliphatic carbocycles. The zero-order valence-electron chi connectivity index (χ0n) is 18.7. The summed E-state index contributed by atoms with van der Waals surface area (Å²) in [5.41, 5.74) is 1.08. The third-order valence-corrected chi connectivity index (χ3v) is 7.49. The second-order valence-electron chi connectivity index (χ2n) is 8.31. The normalized spacial score (nSPS) is 23.8. The smallest absolute Gasteiger partial charge is 0.415 e. The van der Waals surface area contributed by atoms with E-state index in [1.165, 1.54) is 13.1 Å². The largest absolute Gasteiger partial charge is 0.554 e. The quantitative estimate of drug-likeness (QED) is 0.339. The maximum absolute atomic E-state index is 13.0. The molecule has 2 bridgehead atoms. The van der Waals surface area contributed by atoms with Crippen LogP contribution >= 0.6 is 11.3 Å². The van der Waals surface area contributed by atoms with Gasteiger partial charge in [0.2, 0.25) is 0 Å². The number of anilines is 1. The molecule has 1 atom stereocenters. The number of amides is 1. The fraction of sp³-hybridized carbons (Fsp3) is 0.565. The number of ether oxygens (including phenoxy) is 2. The van der Waals surface area contributed by atoms with Crippen LogP contribution in [0.15, 0.2) is 34.3 Å². The highest BCUT2D eigenvalue weighted by Gasteiger charge is 2.47. The van der Waals surface area contributed by atoms with Crippen LogP contribution in [0.4, 0.5) is 9.80 Å². The van der Waals surface area contributed by atoms with E-state index in [4.69, 9.17) is 23.8 Å². The molecule has 3 saturated heterocycles. The minimum absolute atomic E-state index is 0.00237. The molecule has 9 heteroatoms. The Hall–Kier alpha value is -2.36. The Labute approximate surface area is 192 Å². The predicted octanol–water partition coefficient (Wildman–Crippen LogP) is 2.52. The minimum Gasteiger partial charge on any atom is -0.554 e. The van der Waals surface area contributed by atoms with Gasteiger partial charge in [0.1, 0.15) is 23.9 Å². The number of hydrogen-bond donors (Lipinski definition) is 0. The molecule has 1 amide bonds. The number of hydrogen-bond acceptors (Lipinski definition) is 7. The molecule has 2 aromatic rings. The number of carbonyl (C=O) groups excluding carboxylic acids is 2. The number of quaternary nitrogens is 1. The van der Waals surface area contributed by atoms with Crippen LogP contribution < -0.4 is 10.0 Å². The van der Waals surface area contributed by atoms with Gasteiger partial charge in [-0.2, -0.15) is 0 Å². The van der Waals surface area contributed by atoms with Gasteiger partial charge < -0.3 is 28.3 Å². The van der Waals surface area contributed by atoms with E-state index >= 15 is 0 Å². The monoisotopic (exact) mass is 464 g/mol. The zero-order valence-corrected chi connectivity index (χ0v) is 19.6. The Morgan fingerprint density at radius 1 is 1.38 bits per heavy atom. The maximum atomic E-state index is 13.0. The highest BCUT2D eigenvalue weighted by molar-refractivity contribution is 7.14. The summed E-state index contributed by atoms with van der Waals surface area (Å²) >= 11 is 1.56. The van der Waals surface area contributed by atoms with Crippen LogP contribution in [0.5, 0.6) is 0 Å². The molecule has 3 aliphatic heterocycles. The molecule has 3 aliphatic rings. The van der Waals surface area contributed by atoms with E-state index in [2.05, 4.69) is 6.07 Å². The summed E-state index contributed by atoms with van der Waals surface area (Å²) in [6.07, 6.45) is 4.37. The van der Waals surface area contributed by atoms with Gasteiger partial charge in [-0.05, 0) is 36.1 Å². The van der Waals surface area contributed by atoms with Gasteiger partial charge >= 0.3 is 6.09 Å². The van der Waals surface area contributed by atoms with E-state index in [9.17, 15) is 4.79 Å². The standard InChI is InChI=1S/C22H31N2O4S.CH2O2/c1-3-26-13-11-24-9-6-17(7-10-24)20(16-24)28-22(25)23(2)21-18(8-14-29-21)15-19-5-4-12-27-19;2-1-3/h4-5,8,12,14,17,20H,3,6-7,9-11,13,15-16H2,1-2H3;1H,(H,2,3)/q+1;/p-1/t17?,20-,24?;/m0./s1. The molecule has 0 unspecified atom stereocenters.